The molecule has 0 heterocycles. The quantitative estimate of drug-likeness (QED) is 0.780. The van der Waals surface area contributed by atoms with Crippen molar-refractivity contribution in [2.24, 2.45) is 0 Å². The maximum absolute atomic E-state index is 3.56. The smallest absolute Gasteiger partial charge is 0.0415 e. The Labute approximate surface area is 120 Å². The van der Waals surface area contributed by atoms with Gasteiger partial charge in [-0.05, 0) is 31.2 Å². The van der Waals surface area contributed by atoms with Crippen molar-refractivity contribution in [1.82, 2.24) is 5.32 Å². The zero-order chi connectivity index (χ0) is 13.5. The second kappa shape index (κ2) is 7.37. The topological polar surface area (TPSA) is 12.0 Å². The van der Waals surface area contributed by atoms with E-state index < -0.39 is 0 Å². The van der Waals surface area contributed by atoms with Crippen LogP contribution < -0.4 is 5.32 Å². The van der Waals surface area contributed by atoms with Crippen LogP contribution in [0.4, 0.5) is 0 Å². The van der Waals surface area contributed by atoms with Crippen molar-refractivity contribution in [3.05, 3.63) is 65.7 Å². The summed E-state index contributed by atoms with van der Waals surface area (Å²) in [6, 6.07) is 19.8. The SMILES string of the molecule is CCNC(CSc1ccc(C)cc1)c1ccccc1. The molecular weight excluding hydrogens is 250 g/mol. The monoisotopic (exact) mass is 271 g/mol. The van der Waals surface area contributed by atoms with Crippen LogP contribution in [0.5, 0.6) is 0 Å². The van der Waals surface area contributed by atoms with Gasteiger partial charge < -0.3 is 5.32 Å². The van der Waals surface area contributed by atoms with Crippen LogP contribution in [0.3, 0.4) is 0 Å². The average molecular weight is 271 g/mol. The van der Waals surface area contributed by atoms with E-state index in [1.807, 2.05) is 11.8 Å². The predicted molar refractivity (Wildman–Crippen MR) is 84.8 cm³/mol. The van der Waals surface area contributed by atoms with E-state index in [1.54, 1.807) is 0 Å². The summed E-state index contributed by atoms with van der Waals surface area (Å²) in [5.74, 6) is 1.06. The summed E-state index contributed by atoms with van der Waals surface area (Å²) in [4.78, 5) is 1.34. The molecule has 0 aliphatic heterocycles. The number of nitrogens with one attached hydrogen (secondary N) is 1. The fraction of sp³-hybridized carbons (Fsp3) is 0.294. The van der Waals surface area contributed by atoms with Crippen molar-refractivity contribution in [3.8, 4) is 0 Å². The summed E-state index contributed by atoms with van der Waals surface area (Å²) in [7, 11) is 0. The van der Waals surface area contributed by atoms with Gasteiger partial charge in [-0.25, -0.2) is 0 Å². The summed E-state index contributed by atoms with van der Waals surface area (Å²) >= 11 is 1.91. The molecule has 2 aromatic carbocycles. The predicted octanol–water partition coefficient (Wildman–Crippen LogP) is 4.44. The highest BCUT2D eigenvalue weighted by molar-refractivity contribution is 7.99. The van der Waals surface area contributed by atoms with Crippen LogP contribution in [0.25, 0.3) is 0 Å². The summed E-state index contributed by atoms with van der Waals surface area (Å²) in [5, 5.41) is 3.56. The van der Waals surface area contributed by atoms with Gasteiger partial charge in [0.05, 0.1) is 0 Å². The fourth-order valence-corrected chi connectivity index (χ4v) is 3.02. The molecule has 1 unspecified atom stereocenters. The third-order valence-corrected chi connectivity index (χ3v) is 4.20. The molecule has 2 heteroatoms. The second-order valence-electron chi connectivity index (χ2n) is 4.65. The molecule has 0 amide bonds. The minimum absolute atomic E-state index is 0.414. The van der Waals surface area contributed by atoms with Gasteiger partial charge in [-0.2, -0.15) is 0 Å². The molecule has 0 saturated carbocycles. The maximum Gasteiger partial charge on any atom is 0.0415 e. The Morgan fingerprint density at radius 3 is 2.32 bits per heavy atom. The molecule has 2 rings (SSSR count). The van der Waals surface area contributed by atoms with Gasteiger partial charge in [0.2, 0.25) is 0 Å². The van der Waals surface area contributed by atoms with Gasteiger partial charge >= 0.3 is 0 Å². The highest BCUT2D eigenvalue weighted by Gasteiger charge is 2.10. The van der Waals surface area contributed by atoms with Crippen LogP contribution in [0.15, 0.2) is 59.5 Å². The Balaban J connectivity index is 1.99. The maximum atomic E-state index is 3.56. The number of hydrogen-bond donors (Lipinski definition) is 1. The van der Waals surface area contributed by atoms with Crippen LogP contribution in [-0.4, -0.2) is 12.3 Å². The highest BCUT2D eigenvalue weighted by atomic mass is 32.2. The van der Waals surface area contributed by atoms with Crippen LogP contribution in [0, 0.1) is 6.92 Å². The van der Waals surface area contributed by atoms with Crippen LogP contribution in [0.1, 0.15) is 24.1 Å². The van der Waals surface area contributed by atoms with Gasteiger partial charge in [0.25, 0.3) is 0 Å². The Morgan fingerprint density at radius 1 is 1.00 bits per heavy atom. The molecule has 2 aromatic rings. The first-order chi connectivity index (χ1) is 9.29. The Hall–Kier alpha value is -1.25. The molecule has 0 aromatic heterocycles. The Bertz CT molecular complexity index is 478. The zero-order valence-electron chi connectivity index (χ0n) is 11.6. The van der Waals surface area contributed by atoms with Crippen molar-refractivity contribution in [1.29, 1.82) is 0 Å². The van der Waals surface area contributed by atoms with E-state index in [0.717, 1.165) is 12.3 Å². The third kappa shape index (κ3) is 4.41. The van der Waals surface area contributed by atoms with E-state index in [1.165, 1.54) is 16.0 Å². The van der Waals surface area contributed by atoms with Crippen molar-refractivity contribution in [2.75, 3.05) is 12.3 Å². The first-order valence-corrected chi connectivity index (χ1v) is 7.76. The lowest BCUT2D eigenvalue weighted by Gasteiger charge is -2.18. The van der Waals surface area contributed by atoms with Gasteiger partial charge in [0.15, 0.2) is 0 Å². The van der Waals surface area contributed by atoms with Gasteiger partial charge in [0, 0.05) is 16.7 Å². The van der Waals surface area contributed by atoms with E-state index in [4.69, 9.17) is 0 Å². The number of rotatable bonds is 6. The summed E-state index contributed by atoms with van der Waals surface area (Å²) in [6.07, 6.45) is 0. The molecule has 1 atom stereocenters. The van der Waals surface area contributed by atoms with Crippen LogP contribution in [-0.2, 0) is 0 Å². The molecule has 1 nitrogen and oxygen atoms in total. The van der Waals surface area contributed by atoms with Crippen molar-refractivity contribution >= 4 is 11.8 Å². The minimum Gasteiger partial charge on any atom is -0.309 e. The van der Waals surface area contributed by atoms with Gasteiger partial charge in [-0.15, -0.1) is 11.8 Å². The molecule has 0 aliphatic carbocycles. The number of aryl methyl sites for hydroxylation is 1. The molecule has 0 spiro atoms. The van der Waals surface area contributed by atoms with Gasteiger partial charge in [-0.3, -0.25) is 0 Å². The molecular formula is C17H21NS. The zero-order valence-corrected chi connectivity index (χ0v) is 12.4. The van der Waals surface area contributed by atoms with E-state index in [2.05, 4.69) is 73.8 Å². The highest BCUT2D eigenvalue weighted by Crippen LogP contribution is 2.24. The molecule has 0 bridgehead atoms. The van der Waals surface area contributed by atoms with Gasteiger partial charge in [0.1, 0.15) is 0 Å². The standard InChI is InChI=1S/C17H21NS/c1-3-18-17(15-7-5-4-6-8-15)13-19-16-11-9-14(2)10-12-16/h4-12,17-18H,3,13H2,1-2H3. The van der Waals surface area contributed by atoms with Crippen LogP contribution in [0.2, 0.25) is 0 Å². The first kappa shape index (κ1) is 14.2. The molecule has 0 saturated heterocycles. The lowest BCUT2D eigenvalue weighted by atomic mass is 10.1. The molecule has 1 N–H and O–H groups in total. The minimum atomic E-state index is 0.414. The van der Waals surface area contributed by atoms with Crippen molar-refractivity contribution in [3.63, 3.8) is 0 Å². The summed E-state index contributed by atoms with van der Waals surface area (Å²) < 4.78 is 0. The molecule has 0 fully saturated rings. The van der Waals surface area contributed by atoms with E-state index in [-0.39, 0.29) is 0 Å². The number of hydrogen-bond acceptors (Lipinski definition) is 2. The molecule has 100 valence electrons. The lowest BCUT2D eigenvalue weighted by molar-refractivity contribution is 0.606. The van der Waals surface area contributed by atoms with E-state index >= 15 is 0 Å². The van der Waals surface area contributed by atoms with Crippen molar-refractivity contribution < 1.29 is 0 Å². The Morgan fingerprint density at radius 2 is 1.68 bits per heavy atom. The molecule has 0 radical (unpaired) electrons. The molecule has 0 aliphatic rings. The first-order valence-electron chi connectivity index (χ1n) is 6.77. The summed E-state index contributed by atoms with van der Waals surface area (Å²) in [6.45, 7) is 5.28. The lowest BCUT2D eigenvalue weighted by Crippen LogP contribution is -2.22. The molecule has 19 heavy (non-hydrogen) atoms. The number of thioether (sulfide) groups is 1. The van der Waals surface area contributed by atoms with Crippen molar-refractivity contribution in [2.45, 2.75) is 24.8 Å². The average Bonchev–Trinajstić information content (AvgIpc) is 2.46. The van der Waals surface area contributed by atoms with Crippen LogP contribution >= 0.6 is 11.8 Å². The second-order valence-corrected chi connectivity index (χ2v) is 5.74. The summed E-state index contributed by atoms with van der Waals surface area (Å²) in [5.41, 5.74) is 2.68. The largest absolute Gasteiger partial charge is 0.309 e. The van der Waals surface area contributed by atoms with E-state index in [9.17, 15) is 0 Å². The Kier molecular flexibility index (Phi) is 5.49. The normalized spacial score (nSPS) is 12.3. The third-order valence-electron chi connectivity index (χ3n) is 3.09. The number of benzene rings is 2. The fourth-order valence-electron chi connectivity index (χ4n) is 2.02. The van der Waals surface area contributed by atoms with E-state index in [0.29, 0.717) is 6.04 Å². The van der Waals surface area contributed by atoms with Gasteiger partial charge in [-0.1, -0.05) is 55.0 Å².